The Morgan fingerprint density at radius 3 is 2.80 bits per heavy atom. The van der Waals surface area contributed by atoms with Crippen molar-refractivity contribution >= 4 is 11.8 Å². The summed E-state index contributed by atoms with van der Waals surface area (Å²) in [6.45, 7) is 2.89. The summed E-state index contributed by atoms with van der Waals surface area (Å²) in [6, 6.07) is 0. The fourth-order valence-electron chi connectivity index (χ4n) is 0.627. The maximum absolute atomic E-state index is 5.27. The molecule has 0 atom stereocenters. The Morgan fingerprint density at radius 1 is 1.40 bits per heavy atom. The molecule has 0 unspecified atom stereocenters. The lowest BCUT2D eigenvalue weighted by atomic mass is 10.3. The highest BCUT2D eigenvalue weighted by Gasteiger charge is 1.83. The second-order valence-corrected chi connectivity index (χ2v) is 3.20. The normalized spacial score (nSPS) is 11.0. The lowest BCUT2D eigenvalue weighted by molar-refractivity contribution is 0.779. The zero-order chi connectivity index (χ0) is 7.66. The molecule has 2 N–H and O–H groups in total. The molecule has 0 aromatic rings. The summed E-state index contributed by atoms with van der Waals surface area (Å²) in [6.07, 6.45) is 5.98. The van der Waals surface area contributed by atoms with Gasteiger partial charge in [-0.05, 0) is 17.6 Å². The topological polar surface area (TPSA) is 26.0 Å². The summed E-state index contributed by atoms with van der Waals surface area (Å²) in [4.78, 5) is 0. The van der Waals surface area contributed by atoms with Crippen LogP contribution in [0.25, 0.3) is 0 Å². The number of thioether (sulfide) groups is 1. The van der Waals surface area contributed by atoms with Crippen molar-refractivity contribution in [2.24, 2.45) is 5.73 Å². The van der Waals surface area contributed by atoms with E-state index in [4.69, 9.17) is 5.73 Å². The van der Waals surface area contributed by atoms with E-state index in [1.54, 1.807) is 0 Å². The molecule has 0 aliphatic carbocycles. The third-order valence-corrected chi connectivity index (χ3v) is 2.10. The van der Waals surface area contributed by atoms with Gasteiger partial charge in [0.15, 0.2) is 0 Å². The lowest BCUT2D eigenvalue weighted by Crippen LogP contribution is -1.91. The van der Waals surface area contributed by atoms with Gasteiger partial charge in [-0.1, -0.05) is 25.8 Å². The van der Waals surface area contributed by atoms with Crippen LogP contribution in [-0.4, -0.2) is 12.3 Å². The first-order valence-electron chi connectivity index (χ1n) is 3.88. The van der Waals surface area contributed by atoms with E-state index in [9.17, 15) is 0 Å². The summed E-state index contributed by atoms with van der Waals surface area (Å²) in [5.74, 6) is 1.24. The molecule has 0 heterocycles. The molecule has 0 rings (SSSR count). The Hall–Kier alpha value is 0.0500. The second kappa shape index (κ2) is 9.05. The van der Waals surface area contributed by atoms with Crippen LogP contribution in [-0.2, 0) is 0 Å². The highest BCUT2D eigenvalue weighted by atomic mass is 32.2. The first kappa shape index (κ1) is 10.0. The van der Waals surface area contributed by atoms with Crippen molar-refractivity contribution in [2.45, 2.75) is 26.2 Å². The van der Waals surface area contributed by atoms with E-state index >= 15 is 0 Å². The molecule has 0 aliphatic rings. The Bertz CT molecular complexity index is 81.3. The predicted molar refractivity (Wildman–Crippen MR) is 50.2 cm³/mol. The highest BCUT2D eigenvalue weighted by molar-refractivity contribution is 8.02. The van der Waals surface area contributed by atoms with Crippen molar-refractivity contribution in [1.82, 2.24) is 0 Å². The van der Waals surface area contributed by atoms with Gasteiger partial charge in [0.2, 0.25) is 0 Å². The quantitative estimate of drug-likeness (QED) is 0.602. The summed E-state index contributed by atoms with van der Waals surface area (Å²) in [7, 11) is 0. The molecule has 60 valence electrons. The molecular weight excluding hydrogens is 142 g/mol. The Labute approximate surface area is 68.1 Å². The molecule has 0 saturated carbocycles. The zero-order valence-electron chi connectivity index (χ0n) is 6.68. The minimum atomic E-state index is 0.667. The van der Waals surface area contributed by atoms with Gasteiger partial charge in [-0.2, -0.15) is 0 Å². The average Bonchev–Trinajstić information content (AvgIpc) is 1.97. The smallest absolute Gasteiger partial charge is 0.0114 e. The van der Waals surface area contributed by atoms with Crippen LogP contribution in [0.15, 0.2) is 11.5 Å². The SMILES string of the molecule is CCCCCS/C=C/CN. The molecule has 0 aromatic carbocycles. The zero-order valence-corrected chi connectivity index (χ0v) is 7.49. The van der Waals surface area contributed by atoms with E-state index in [1.807, 2.05) is 17.8 Å². The van der Waals surface area contributed by atoms with Crippen LogP contribution in [0, 0.1) is 0 Å². The van der Waals surface area contributed by atoms with E-state index in [0.29, 0.717) is 6.54 Å². The largest absolute Gasteiger partial charge is 0.327 e. The lowest BCUT2D eigenvalue weighted by Gasteiger charge is -1.92. The van der Waals surface area contributed by atoms with E-state index in [-0.39, 0.29) is 0 Å². The number of unbranched alkanes of at least 4 members (excludes halogenated alkanes) is 2. The Morgan fingerprint density at radius 2 is 2.20 bits per heavy atom. The van der Waals surface area contributed by atoms with Crippen LogP contribution < -0.4 is 5.73 Å². The highest BCUT2D eigenvalue weighted by Crippen LogP contribution is 2.06. The fourth-order valence-corrected chi connectivity index (χ4v) is 1.38. The van der Waals surface area contributed by atoms with Gasteiger partial charge in [-0.3, -0.25) is 0 Å². The first-order chi connectivity index (χ1) is 4.91. The maximum Gasteiger partial charge on any atom is 0.0114 e. The van der Waals surface area contributed by atoms with E-state index in [0.717, 1.165) is 0 Å². The third-order valence-electron chi connectivity index (χ3n) is 1.19. The molecule has 0 fully saturated rings. The monoisotopic (exact) mass is 159 g/mol. The molecule has 2 heteroatoms. The van der Waals surface area contributed by atoms with Crippen LogP contribution in [0.2, 0.25) is 0 Å². The van der Waals surface area contributed by atoms with E-state index in [1.165, 1.54) is 25.0 Å². The second-order valence-electron chi connectivity index (χ2n) is 2.19. The standard InChI is InChI=1S/C8H17NS/c1-2-3-4-7-10-8-5-6-9/h5,8H,2-4,6-7,9H2,1H3/b8-5+. The molecule has 0 aliphatic heterocycles. The number of nitrogens with two attached hydrogens (primary N) is 1. The molecule has 1 nitrogen and oxygen atoms in total. The molecule has 0 bridgehead atoms. The summed E-state index contributed by atoms with van der Waals surface area (Å²) >= 11 is 1.86. The molecule has 0 spiro atoms. The maximum atomic E-state index is 5.27. The van der Waals surface area contributed by atoms with Crippen LogP contribution in [0.1, 0.15) is 26.2 Å². The van der Waals surface area contributed by atoms with Crippen LogP contribution in [0.4, 0.5) is 0 Å². The van der Waals surface area contributed by atoms with Gasteiger partial charge in [0, 0.05) is 6.54 Å². The van der Waals surface area contributed by atoms with Crippen molar-refractivity contribution in [2.75, 3.05) is 12.3 Å². The van der Waals surface area contributed by atoms with Crippen molar-refractivity contribution < 1.29 is 0 Å². The third kappa shape index (κ3) is 8.05. The molecule has 0 saturated heterocycles. The van der Waals surface area contributed by atoms with E-state index in [2.05, 4.69) is 12.3 Å². The minimum absolute atomic E-state index is 0.667. The van der Waals surface area contributed by atoms with Crippen molar-refractivity contribution in [3.63, 3.8) is 0 Å². The van der Waals surface area contributed by atoms with Gasteiger partial charge in [0.25, 0.3) is 0 Å². The van der Waals surface area contributed by atoms with Crippen molar-refractivity contribution in [3.8, 4) is 0 Å². The minimum Gasteiger partial charge on any atom is -0.327 e. The van der Waals surface area contributed by atoms with Gasteiger partial charge < -0.3 is 5.73 Å². The molecular formula is C8H17NS. The number of rotatable bonds is 6. The van der Waals surface area contributed by atoms with Crippen LogP contribution in [0.5, 0.6) is 0 Å². The summed E-state index contributed by atoms with van der Waals surface area (Å²) in [5, 5.41) is 2.09. The fraction of sp³-hybridized carbons (Fsp3) is 0.750. The summed E-state index contributed by atoms with van der Waals surface area (Å²) < 4.78 is 0. The van der Waals surface area contributed by atoms with Crippen LogP contribution in [0.3, 0.4) is 0 Å². The van der Waals surface area contributed by atoms with Crippen molar-refractivity contribution in [1.29, 1.82) is 0 Å². The molecule has 0 aromatic heterocycles. The molecule has 0 radical (unpaired) electrons. The molecule has 10 heavy (non-hydrogen) atoms. The van der Waals surface area contributed by atoms with Gasteiger partial charge in [0.1, 0.15) is 0 Å². The van der Waals surface area contributed by atoms with Gasteiger partial charge in [0.05, 0.1) is 0 Å². The average molecular weight is 159 g/mol. The molecule has 0 amide bonds. The van der Waals surface area contributed by atoms with E-state index < -0.39 is 0 Å². The van der Waals surface area contributed by atoms with Crippen LogP contribution >= 0.6 is 11.8 Å². The number of hydrogen-bond acceptors (Lipinski definition) is 2. The number of hydrogen-bond donors (Lipinski definition) is 1. The van der Waals surface area contributed by atoms with Gasteiger partial charge >= 0.3 is 0 Å². The predicted octanol–water partition coefficient (Wildman–Crippen LogP) is 2.38. The van der Waals surface area contributed by atoms with Crippen molar-refractivity contribution in [3.05, 3.63) is 11.5 Å². The summed E-state index contributed by atoms with van der Waals surface area (Å²) in [5.41, 5.74) is 5.27. The van der Waals surface area contributed by atoms with Gasteiger partial charge in [-0.25, -0.2) is 0 Å². The Balaban J connectivity index is 2.83. The first-order valence-corrected chi connectivity index (χ1v) is 4.93. The van der Waals surface area contributed by atoms with Gasteiger partial charge in [-0.15, -0.1) is 11.8 Å². The Kier molecular flexibility index (Phi) is 9.10.